The van der Waals surface area contributed by atoms with Crippen LogP contribution in [0.1, 0.15) is 30.0 Å². The predicted molar refractivity (Wildman–Crippen MR) is 89.7 cm³/mol. The van der Waals surface area contributed by atoms with Gasteiger partial charge in [0.15, 0.2) is 0 Å². The van der Waals surface area contributed by atoms with Gasteiger partial charge in [0.1, 0.15) is 6.61 Å². The lowest BCUT2D eigenvalue weighted by Gasteiger charge is -2.39. The Labute approximate surface area is 136 Å². The number of piperidine rings is 1. The summed E-state index contributed by atoms with van der Waals surface area (Å²) in [5.41, 5.74) is 8.35. The summed E-state index contributed by atoms with van der Waals surface area (Å²) in [6.45, 7) is 0.966. The molecule has 2 atom stereocenters. The summed E-state index contributed by atoms with van der Waals surface area (Å²) in [5.74, 6) is 0. The molecule has 1 fully saturated rings. The van der Waals surface area contributed by atoms with E-state index in [2.05, 4.69) is 0 Å². The molecule has 4 nitrogen and oxygen atoms in total. The van der Waals surface area contributed by atoms with Gasteiger partial charge in [0.05, 0.1) is 6.04 Å². The molecule has 4 heteroatoms. The summed E-state index contributed by atoms with van der Waals surface area (Å²) in [5, 5.41) is 0. The monoisotopic (exact) mass is 310 g/mol. The zero-order chi connectivity index (χ0) is 16.1. The molecule has 2 unspecified atom stereocenters. The second-order valence-corrected chi connectivity index (χ2v) is 5.90. The van der Waals surface area contributed by atoms with E-state index in [0.717, 1.165) is 24.0 Å². The molecule has 120 valence electrons. The minimum absolute atomic E-state index is 0.0598. The van der Waals surface area contributed by atoms with Crippen molar-refractivity contribution >= 4 is 6.09 Å². The smallest absolute Gasteiger partial charge is 0.410 e. The summed E-state index contributed by atoms with van der Waals surface area (Å²) in [6.07, 6.45) is 1.53. The van der Waals surface area contributed by atoms with Crippen molar-refractivity contribution < 1.29 is 9.53 Å². The third-order valence-electron chi connectivity index (χ3n) is 4.26. The molecule has 1 amide bonds. The van der Waals surface area contributed by atoms with Crippen LogP contribution in [-0.4, -0.2) is 23.6 Å². The van der Waals surface area contributed by atoms with Crippen molar-refractivity contribution in [3.05, 3.63) is 71.8 Å². The number of nitrogens with zero attached hydrogens (tertiary/aromatic N) is 1. The Kier molecular flexibility index (Phi) is 4.93. The van der Waals surface area contributed by atoms with Gasteiger partial charge in [-0.25, -0.2) is 4.79 Å². The first-order chi connectivity index (χ1) is 11.3. The van der Waals surface area contributed by atoms with Crippen LogP contribution in [0.5, 0.6) is 0 Å². The van der Waals surface area contributed by atoms with E-state index in [1.54, 1.807) is 4.90 Å². The second kappa shape index (κ2) is 7.29. The predicted octanol–water partition coefficient (Wildman–Crippen LogP) is 3.49. The van der Waals surface area contributed by atoms with Crippen molar-refractivity contribution in [1.29, 1.82) is 0 Å². The average Bonchev–Trinajstić information content (AvgIpc) is 2.61. The average molecular weight is 310 g/mol. The van der Waals surface area contributed by atoms with Gasteiger partial charge in [0.25, 0.3) is 0 Å². The van der Waals surface area contributed by atoms with Gasteiger partial charge < -0.3 is 10.5 Å². The molecule has 0 spiro atoms. The maximum atomic E-state index is 12.5. The highest BCUT2D eigenvalue weighted by Gasteiger charge is 2.34. The Morgan fingerprint density at radius 3 is 2.43 bits per heavy atom. The van der Waals surface area contributed by atoms with E-state index >= 15 is 0 Å². The first-order valence-electron chi connectivity index (χ1n) is 8.03. The lowest BCUT2D eigenvalue weighted by molar-refractivity contribution is 0.0617. The molecule has 1 saturated heterocycles. The number of ether oxygens (including phenoxy) is 1. The van der Waals surface area contributed by atoms with Crippen LogP contribution in [0.4, 0.5) is 4.79 Å². The Balaban J connectivity index is 1.72. The van der Waals surface area contributed by atoms with Crippen LogP contribution >= 0.6 is 0 Å². The van der Waals surface area contributed by atoms with Crippen LogP contribution < -0.4 is 5.73 Å². The first kappa shape index (κ1) is 15.6. The minimum atomic E-state index is -0.294. The van der Waals surface area contributed by atoms with Gasteiger partial charge in [0.2, 0.25) is 0 Å². The van der Waals surface area contributed by atoms with E-state index in [1.165, 1.54) is 0 Å². The number of carbonyl (C=O) groups excluding carboxylic acids is 1. The van der Waals surface area contributed by atoms with E-state index in [9.17, 15) is 4.79 Å². The van der Waals surface area contributed by atoms with E-state index in [1.807, 2.05) is 60.7 Å². The fraction of sp³-hybridized carbons (Fsp3) is 0.316. The van der Waals surface area contributed by atoms with Crippen molar-refractivity contribution in [2.45, 2.75) is 31.5 Å². The van der Waals surface area contributed by atoms with Crippen LogP contribution in [0.25, 0.3) is 0 Å². The molecule has 2 N–H and O–H groups in total. The maximum Gasteiger partial charge on any atom is 0.410 e. The number of hydrogen-bond donors (Lipinski definition) is 1. The molecule has 3 rings (SSSR count). The van der Waals surface area contributed by atoms with Gasteiger partial charge in [-0.3, -0.25) is 4.90 Å². The minimum Gasteiger partial charge on any atom is -0.445 e. The van der Waals surface area contributed by atoms with Crippen LogP contribution in [0, 0.1) is 0 Å². The lowest BCUT2D eigenvalue weighted by atomic mass is 9.91. The molecule has 0 bridgehead atoms. The second-order valence-electron chi connectivity index (χ2n) is 5.90. The lowest BCUT2D eigenvalue weighted by Crippen LogP contribution is -2.48. The third kappa shape index (κ3) is 3.71. The topological polar surface area (TPSA) is 55.6 Å². The number of amides is 1. The summed E-state index contributed by atoms with van der Waals surface area (Å²) in [6, 6.07) is 19.5. The third-order valence-corrected chi connectivity index (χ3v) is 4.26. The van der Waals surface area contributed by atoms with Crippen molar-refractivity contribution in [3.63, 3.8) is 0 Å². The number of benzene rings is 2. The van der Waals surface area contributed by atoms with Gasteiger partial charge in [-0.15, -0.1) is 0 Å². The van der Waals surface area contributed by atoms with Crippen LogP contribution in [0.2, 0.25) is 0 Å². The van der Waals surface area contributed by atoms with Crippen molar-refractivity contribution in [2.75, 3.05) is 6.54 Å². The molecule has 2 aromatic rings. The number of carbonyl (C=O) groups is 1. The van der Waals surface area contributed by atoms with Crippen LogP contribution in [-0.2, 0) is 11.3 Å². The molecular formula is C19H22N2O2. The highest BCUT2D eigenvalue weighted by molar-refractivity contribution is 5.68. The molecule has 1 heterocycles. The largest absolute Gasteiger partial charge is 0.445 e. The molecule has 0 aromatic heterocycles. The van der Waals surface area contributed by atoms with E-state index in [-0.39, 0.29) is 24.8 Å². The summed E-state index contributed by atoms with van der Waals surface area (Å²) < 4.78 is 5.50. The fourth-order valence-corrected chi connectivity index (χ4v) is 3.11. The van der Waals surface area contributed by atoms with Gasteiger partial charge in [-0.1, -0.05) is 60.7 Å². The van der Waals surface area contributed by atoms with E-state index in [4.69, 9.17) is 10.5 Å². The number of hydrogen-bond acceptors (Lipinski definition) is 3. The van der Waals surface area contributed by atoms with Crippen LogP contribution in [0.3, 0.4) is 0 Å². The Bertz CT molecular complexity index is 630. The zero-order valence-corrected chi connectivity index (χ0v) is 13.1. The SMILES string of the molecule is NC1CCCN(C(=O)OCc2ccccc2)C1c1ccccc1. The Hall–Kier alpha value is -2.33. The van der Waals surface area contributed by atoms with Crippen molar-refractivity contribution in [3.8, 4) is 0 Å². The molecule has 1 aliphatic heterocycles. The zero-order valence-electron chi connectivity index (χ0n) is 13.1. The molecule has 0 saturated carbocycles. The van der Waals surface area contributed by atoms with Gasteiger partial charge in [0, 0.05) is 12.6 Å². The maximum absolute atomic E-state index is 12.5. The number of nitrogens with two attached hydrogens (primary N) is 1. The molecule has 23 heavy (non-hydrogen) atoms. The summed E-state index contributed by atoms with van der Waals surface area (Å²) >= 11 is 0. The van der Waals surface area contributed by atoms with Gasteiger partial charge in [-0.2, -0.15) is 0 Å². The highest BCUT2D eigenvalue weighted by Crippen LogP contribution is 2.30. The molecule has 0 aliphatic carbocycles. The number of likely N-dealkylation sites (tertiary alicyclic amines) is 1. The number of rotatable bonds is 3. The summed E-state index contributed by atoms with van der Waals surface area (Å²) in [4.78, 5) is 14.3. The Morgan fingerprint density at radius 1 is 1.09 bits per heavy atom. The van der Waals surface area contributed by atoms with Crippen LogP contribution in [0.15, 0.2) is 60.7 Å². The molecule has 2 aromatic carbocycles. The normalized spacial score (nSPS) is 21.0. The van der Waals surface area contributed by atoms with Gasteiger partial charge in [-0.05, 0) is 24.0 Å². The standard InChI is InChI=1S/C19H22N2O2/c20-17-12-7-13-21(18(17)16-10-5-2-6-11-16)19(22)23-14-15-8-3-1-4-9-15/h1-6,8-11,17-18H,7,12-14,20H2. The molecule has 0 radical (unpaired) electrons. The molecule has 1 aliphatic rings. The Morgan fingerprint density at radius 2 is 1.74 bits per heavy atom. The summed E-state index contributed by atoms with van der Waals surface area (Å²) in [7, 11) is 0. The van der Waals surface area contributed by atoms with E-state index in [0.29, 0.717) is 6.54 Å². The van der Waals surface area contributed by atoms with Crippen molar-refractivity contribution in [1.82, 2.24) is 4.90 Å². The van der Waals surface area contributed by atoms with Gasteiger partial charge >= 0.3 is 6.09 Å². The van der Waals surface area contributed by atoms with E-state index < -0.39 is 0 Å². The quantitative estimate of drug-likeness (QED) is 0.944. The fourth-order valence-electron chi connectivity index (χ4n) is 3.11. The molecular weight excluding hydrogens is 288 g/mol. The highest BCUT2D eigenvalue weighted by atomic mass is 16.6. The van der Waals surface area contributed by atoms with Crippen molar-refractivity contribution in [2.24, 2.45) is 5.73 Å². The first-order valence-corrected chi connectivity index (χ1v) is 8.03.